The van der Waals surface area contributed by atoms with Gasteiger partial charge in [0.15, 0.2) is 0 Å². The lowest BCUT2D eigenvalue weighted by molar-refractivity contribution is 0.0306. The Labute approximate surface area is 269 Å². The number of anilines is 1. The fourth-order valence-corrected chi connectivity index (χ4v) is 4.84. The SMILES string of the molecule is COCN(CC(C)(C)C)C(=O)c1ccc(-c2ccc(C)nc2C(=O)Nc2ccc(C(=N)N)cc2)c(C(=O)OCc2ccccc2)c1. The molecule has 0 spiro atoms. The van der Waals surface area contributed by atoms with Crippen molar-refractivity contribution in [3.05, 3.63) is 119 Å². The molecule has 10 nitrogen and oxygen atoms in total. The number of esters is 1. The summed E-state index contributed by atoms with van der Waals surface area (Å²) in [7, 11) is 1.52. The molecule has 0 atom stereocenters. The van der Waals surface area contributed by atoms with Crippen LogP contribution in [0.25, 0.3) is 11.1 Å². The molecule has 4 aromatic rings. The Bertz CT molecular complexity index is 1730. The third-order valence-electron chi connectivity index (χ3n) is 6.93. The summed E-state index contributed by atoms with van der Waals surface area (Å²) in [4.78, 5) is 47.1. The zero-order valence-electron chi connectivity index (χ0n) is 26.7. The molecule has 0 fully saturated rings. The minimum absolute atomic E-state index is 0.0207. The van der Waals surface area contributed by atoms with E-state index in [0.717, 1.165) is 5.56 Å². The molecular weight excluding hydrogens is 582 g/mol. The highest BCUT2D eigenvalue weighted by Crippen LogP contribution is 2.30. The van der Waals surface area contributed by atoms with Gasteiger partial charge in [0.2, 0.25) is 0 Å². The van der Waals surface area contributed by atoms with Gasteiger partial charge < -0.3 is 25.4 Å². The van der Waals surface area contributed by atoms with Crippen molar-refractivity contribution < 1.29 is 23.9 Å². The first-order chi connectivity index (χ1) is 21.9. The van der Waals surface area contributed by atoms with Gasteiger partial charge in [-0.2, -0.15) is 0 Å². The molecule has 0 bridgehead atoms. The number of carbonyl (C=O) groups is 3. The Morgan fingerprint density at radius 2 is 1.57 bits per heavy atom. The standard InChI is InChI=1S/C36H39N5O5/c1-23-11-17-29(31(39-23)33(42)40-27-15-12-25(13-16-27)32(37)38)28-18-14-26(34(43)41(22-45-5)21-36(2,3)4)19-30(28)35(44)46-20-24-9-7-6-8-10-24/h6-19H,20-22H2,1-5H3,(H3,37,38)(H,40,42). The summed E-state index contributed by atoms with van der Waals surface area (Å²) in [6, 6.07) is 24.0. The van der Waals surface area contributed by atoms with Crippen molar-refractivity contribution in [2.24, 2.45) is 11.1 Å². The lowest BCUT2D eigenvalue weighted by Gasteiger charge is -2.29. The van der Waals surface area contributed by atoms with Crippen LogP contribution in [-0.4, -0.2) is 53.9 Å². The smallest absolute Gasteiger partial charge is 0.339 e. The number of ether oxygens (including phenoxy) is 2. The summed E-state index contributed by atoms with van der Waals surface area (Å²) < 4.78 is 11.0. The summed E-state index contributed by atoms with van der Waals surface area (Å²) in [5.74, 6) is -1.56. The van der Waals surface area contributed by atoms with Gasteiger partial charge in [-0.05, 0) is 65.9 Å². The van der Waals surface area contributed by atoms with Crippen LogP contribution >= 0.6 is 0 Å². The molecule has 0 radical (unpaired) electrons. The van der Waals surface area contributed by atoms with E-state index >= 15 is 0 Å². The summed E-state index contributed by atoms with van der Waals surface area (Å²) in [5, 5.41) is 10.4. The predicted octanol–water partition coefficient (Wildman–Crippen LogP) is 6.04. The maximum Gasteiger partial charge on any atom is 0.339 e. The lowest BCUT2D eigenvalue weighted by atomic mass is 9.94. The maximum atomic E-state index is 13.7. The molecule has 0 aliphatic heterocycles. The summed E-state index contributed by atoms with van der Waals surface area (Å²) >= 11 is 0. The van der Waals surface area contributed by atoms with Gasteiger partial charge in [-0.15, -0.1) is 0 Å². The van der Waals surface area contributed by atoms with Crippen LogP contribution in [0.3, 0.4) is 0 Å². The van der Waals surface area contributed by atoms with Crippen molar-refractivity contribution in [2.45, 2.75) is 34.3 Å². The Hall–Kier alpha value is -5.35. The third-order valence-corrected chi connectivity index (χ3v) is 6.93. The molecular formula is C36H39N5O5. The van der Waals surface area contributed by atoms with Crippen LogP contribution in [0, 0.1) is 17.7 Å². The van der Waals surface area contributed by atoms with Gasteiger partial charge in [-0.25, -0.2) is 9.78 Å². The van der Waals surface area contributed by atoms with Crippen LogP contribution in [0.2, 0.25) is 0 Å². The maximum absolute atomic E-state index is 13.7. The van der Waals surface area contributed by atoms with Crippen molar-refractivity contribution in [3.8, 4) is 11.1 Å². The van der Waals surface area contributed by atoms with Gasteiger partial charge in [0, 0.05) is 41.7 Å². The van der Waals surface area contributed by atoms with E-state index in [-0.39, 0.29) is 47.3 Å². The fourth-order valence-electron chi connectivity index (χ4n) is 4.84. The fraction of sp³-hybridized carbons (Fsp3) is 0.250. The number of hydrogen-bond donors (Lipinski definition) is 3. The minimum Gasteiger partial charge on any atom is -0.457 e. The number of amidine groups is 1. The average molecular weight is 622 g/mol. The minimum atomic E-state index is -0.658. The average Bonchev–Trinajstić information content (AvgIpc) is 3.03. The number of nitrogens with zero attached hydrogens (tertiary/aromatic N) is 2. The molecule has 3 aromatic carbocycles. The summed E-state index contributed by atoms with van der Waals surface area (Å²) in [5.41, 5.74) is 8.98. The first-order valence-electron chi connectivity index (χ1n) is 14.7. The van der Waals surface area contributed by atoms with E-state index in [1.165, 1.54) is 13.2 Å². The molecule has 2 amide bonds. The number of amides is 2. The van der Waals surface area contributed by atoms with E-state index in [9.17, 15) is 14.4 Å². The van der Waals surface area contributed by atoms with E-state index in [2.05, 4.69) is 10.3 Å². The largest absolute Gasteiger partial charge is 0.457 e. The molecule has 0 unspecified atom stereocenters. The molecule has 0 aliphatic carbocycles. The van der Waals surface area contributed by atoms with E-state index in [4.69, 9.17) is 20.6 Å². The quantitative estimate of drug-likeness (QED) is 0.0800. The number of methoxy groups -OCH3 is 1. The third kappa shape index (κ3) is 8.64. The van der Waals surface area contributed by atoms with Crippen molar-refractivity contribution in [1.82, 2.24) is 9.88 Å². The van der Waals surface area contributed by atoms with Crippen molar-refractivity contribution in [3.63, 3.8) is 0 Å². The molecule has 46 heavy (non-hydrogen) atoms. The molecule has 0 aliphatic rings. The Morgan fingerprint density at radius 1 is 0.913 bits per heavy atom. The number of pyridine rings is 1. The number of aryl methyl sites for hydroxylation is 1. The number of aromatic nitrogens is 1. The summed E-state index contributed by atoms with van der Waals surface area (Å²) in [6.45, 7) is 8.35. The number of carbonyl (C=O) groups excluding carboxylic acids is 3. The zero-order chi connectivity index (χ0) is 33.4. The lowest BCUT2D eigenvalue weighted by Crippen LogP contribution is -2.39. The van der Waals surface area contributed by atoms with Crippen molar-refractivity contribution in [2.75, 3.05) is 25.7 Å². The molecule has 238 valence electrons. The second kappa shape index (κ2) is 14.6. The number of nitrogens with one attached hydrogen (secondary N) is 2. The Kier molecular flexibility index (Phi) is 10.7. The van der Waals surface area contributed by atoms with Crippen LogP contribution < -0.4 is 11.1 Å². The van der Waals surface area contributed by atoms with E-state index in [1.807, 2.05) is 51.1 Å². The monoisotopic (exact) mass is 621 g/mol. The van der Waals surface area contributed by atoms with Crippen molar-refractivity contribution in [1.29, 1.82) is 5.41 Å². The van der Waals surface area contributed by atoms with Gasteiger partial charge in [0.05, 0.1) is 5.56 Å². The van der Waals surface area contributed by atoms with Gasteiger partial charge in [-0.3, -0.25) is 15.0 Å². The van der Waals surface area contributed by atoms with Gasteiger partial charge in [0.25, 0.3) is 11.8 Å². The number of benzene rings is 3. The van der Waals surface area contributed by atoms with Gasteiger partial charge >= 0.3 is 5.97 Å². The van der Waals surface area contributed by atoms with Crippen LogP contribution in [0.4, 0.5) is 5.69 Å². The second-order valence-corrected chi connectivity index (χ2v) is 12.1. The van der Waals surface area contributed by atoms with Crippen LogP contribution in [0.5, 0.6) is 0 Å². The van der Waals surface area contributed by atoms with Crippen LogP contribution in [-0.2, 0) is 16.1 Å². The van der Waals surface area contributed by atoms with Gasteiger partial charge in [-0.1, -0.05) is 63.2 Å². The molecule has 1 heterocycles. The Morgan fingerprint density at radius 3 is 2.20 bits per heavy atom. The molecule has 1 aromatic heterocycles. The first-order valence-corrected chi connectivity index (χ1v) is 14.7. The van der Waals surface area contributed by atoms with E-state index in [0.29, 0.717) is 34.6 Å². The van der Waals surface area contributed by atoms with Crippen LogP contribution in [0.1, 0.15) is 68.8 Å². The summed E-state index contributed by atoms with van der Waals surface area (Å²) in [6.07, 6.45) is 0. The van der Waals surface area contributed by atoms with E-state index < -0.39 is 11.9 Å². The van der Waals surface area contributed by atoms with E-state index in [1.54, 1.807) is 60.4 Å². The number of nitrogen functional groups attached to an aromatic ring is 1. The zero-order valence-corrected chi connectivity index (χ0v) is 26.7. The molecule has 10 heteroatoms. The highest BCUT2D eigenvalue weighted by Gasteiger charge is 2.26. The number of rotatable bonds is 11. The van der Waals surface area contributed by atoms with Crippen molar-refractivity contribution >= 4 is 29.3 Å². The topological polar surface area (TPSA) is 148 Å². The molecule has 4 rings (SSSR count). The molecule has 0 saturated heterocycles. The highest BCUT2D eigenvalue weighted by atomic mass is 16.5. The normalized spacial score (nSPS) is 11.1. The second-order valence-electron chi connectivity index (χ2n) is 12.1. The number of nitrogens with two attached hydrogens (primary N) is 1. The van der Waals surface area contributed by atoms with Gasteiger partial charge in [0.1, 0.15) is 24.9 Å². The number of hydrogen-bond acceptors (Lipinski definition) is 7. The highest BCUT2D eigenvalue weighted by molar-refractivity contribution is 6.10. The molecule has 4 N–H and O–H groups in total. The molecule has 0 saturated carbocycles. The Balaban J connectivity index is 1.76. The predicted molar refractivity (Wildman–Crippen MR) is 178 cm³/mol. The first kappa shape index (κ1) is 33.5. The van der Waals surface area contributed by atoms with Crippen LogP contribution in [0.15, 0.2) is 84.9 Å².